The Bertz CT molecular complexity index is 1230. The Morgan fingerprint density at radius 3 is 2.48 bits per heavy atom. The third kappa shape index (κ3) is 3.66. The number of hydrogen-bond acceptors (Lipinski definition) is 6. The van der Waals surface area contributed by atoms with Crippen LogP contribution in [0.2, 0.25) is 0 Å². The molecule has 158 valence electrons. The number of fused-ring (bicyclic) bond motifs is 1. The monoisotopic (exact) mass is 422 g/mol. The van der Waals surface area contributed by atoms with E-state index in [1.165, 1.54) is 6.07 Å². The molecule has 0 aliphatic carbocycles. The van der Waals surface area contributed by atoms with Crippen LogP contribution >= 0.6 is 0 Å². The second kappa shape index (κ2) is 7.88. The predicted octanol–water partition coefficient (Wildman–Crippen LogP) is 4.94. The minimum Gasteiger partial charge on any atom is -0.436 e. The van der Waals surface area contributed by atoms with Crippen molar-refractivity contribution in [2.75, 3.05) is 42.3 Å². The highest BCUT2D eigenvalue weighted by atomic mass is 19.2. The van der Waals surface area contributed by atoms with E-state index >= 15 is 0 Å². The molecule has 1 fully saturated rings. The maximum atomic E-state index is 13.6. The summed E-state index contributed by atoms with van der Waals surface area (Å²) >= 11 is 0. The van der Waals surface area contributed by atoms with Gasteiger partial charge in [0.25, 0.3) is 0 Å². The summed E-state index contributed by atoms with van der Waals surface area (Å²) in [6, 6.07) is 13.4. The van der Waals surface area contributed by atoms with Crippen LogP contribution in [0.3, 0.4) is 0 Å². The summed E-state index contributed by atoms with van der Waals surface area (Å²) in [7, 11) is 0. The second-order valence-corrected chi connectivity index (χ2v) is 7.28. The number of hydrogen-bond donors (Lipinski definition) is 2. The molecular weight excluding hydrogens is 402 g/mol. The summed E-state index contributed by atoms with van der Waals surface area (Å²) in [5.74, 6) is -1.72. The lowest BCUT2D eigenvalue weighted by Gasteiger charge is -2.28. The van der Waals surface area contributed by atoms with Crippen LogP contribution in [-0.2, 0) is 4.74 Å². The molecule has 0 atom stereocenters. The lowest BCUT2D eigenvalue weighted by atomic mass is 10.1. The van der Waals surface area contributed by atoms with Gasteiger partial charge in [0.05, 0.1) is 18.6 Å². The van der Waals surface area contributed by atoms with E-state index in [9.17, 15) is 8.78 Å². The van der Waals surface area contributed by atoms with Crippen LogP contribution in [-0.4, -0.2) is 31.3 Å². The van der Waals surface area contributed by atoms with Gasteiger partial charge in [-0.15, -0.1) is 0 Å². The van der Waals surface area contributed by atoms with Gasteiger partial charge in [-0.2, -0.15) is 0 Å². The fourth-order valence-electron chi connectivity index (χ4n) is 3.75. The molecule has 1 saturated heterocycles. The normalized spacial score (nSPS) is 14.2. The van der Waals surface area contributed by atoms with Crippen LogP contribution in [0.25, 0.3) is 22.2 Å². The number of nitrogen functional groups attached to an aromatic ring is 1. The smallest absolute Gasteiger partial charge is 0.215 e. The third-order valence-electron chi connectivity index (χ3n) is 5.34. The van der Waals surface area contributed by atoms with Crippen LogP contribution in [0, 0.1) is 11.6 Å². The topological polar surface area (TPSA) is 76.5 Å². The molecule has 6 nitrogen and oxygen atoms in total. The first-order valence-electron chi connectivity index (χ1n) is 9.92. The molecular formula is C23H20F2N4O2. The fourth-order valence-corrected chi connectivity index (χ4v) is 3.75. The Morgan fingerprint density at radius 2 is 1.74 bits per heavy atom. The number of nitrogens with two attached hydrogens (primary N) is 1. The molecule has 0 saturated carbocycles. The third-order valence-corrected chi connectivity index (χ3v) is 5.34. The summed E-state index contributed by atoms with van der Waals surface area (Å²) in [6.07, 6.45) is 1.67. The molecule has 0 amide bonds. The SMILES string of the molecule is Nc1oc2c(-c3ccc(N4CCOCC4)cc3)nccc2c1Nc1ccc(F)c(F)c1. The van der Waals surface area contributed by atoms with Gasteiger partial charge in [0.15, 0.2) is 17.2 Å². The van der Waals surface area contributed by atoms with E-state index in [2.05, 4.69) is 15.2 Å². The van der Waals surface area contributed by atoms with Crippen molar-refractivity contribution >= 4 is 33.9 Å². The lowest BCUT2D eigenvalue weighted by Crippen LogP contribution is -2.36. The van der Waals surface area contributed by atoms with E-state index in [4.69, 9.17) is 14.9 Å². The maximum absolute atomic E-state index is 13.6. The van der Waals surface area contributed by atoms with Crippen molar-refractivity contribution in [2.45, 2.75) is 0 Å². The van der Waals surface area contributed by atoms with Crippen LogP contribution in [0.1, 0.15) is 0 Å². The maximum Gasteiger partial charge on any atom is 0.215 e. The van der Waals surface area contributed by atoms with Crippen LogP contribution in [0.5, 0.6) is 0 Å². The number of benzene rings is 2. The molecule has 0 spiro atoms. The minimum absolute atomic E-state index is 0.138. The molecule has 2 aromatic carbocycles. The number of furan rings is 1. The largest absolute Gasteiger partial charge is 0.436 e. The van der Waals surface area contributed by atoms with Gasteiger partial charge < -0.3 is 25.1 Å². The number of halogens is 2. The van der Waals surface area contributed by atoms with Crippen molar-refractivity contribution in [2.24, 2.45) is 0 Å². The summed E-state index contributed by atoms with van der Waals surface area (Å²) in [5.41, 5.74) is 10.1. The van der Waals surface area contributed by atoms with Crippen molar-refractivity contribution in [3.63, 3.8) is 0 Å². The number of aromatic nitrogens is 1. The number of rotatable bonds is 4. The highest BCUT2D eigenvalue weighted by Gasteiger charge is 2.18. The molecule has 31 heavy (non-hydrogen) atoms. The Labute approximate surface area is 177 Å². The summed E-state index contributed by atoms with van der Waals surface area (Å²) in [5, 5.41) is 3.72. The zero-order valence-electron chi connectivity index (χ0n) is 16.6. The number of pyridine rings is 1. The van der Waals surface area contributed by atoms with Gasteiger partial charge in [0.2, 0.25) is 5.88 Å². The van der Waals surface area contributed by atoms with Crippen molar-refractivity contribution in [1.82, 2.24) is 4.98 Å². The van der Waals surface area contributed by atoms with E-state index in [0.717, 1.165) is 49.7 Å². The number of nitrogens with one attached hydrogen (secondary N) is 1. The fraction of sp³-hybridized carbons (Fsp3) is 0.174. The molecule has 1 aliphatic heterocycles. The summed E-state index contributed by atoms with van der Waals surface area (Å²) < 4.78 is 38.0. The number of morpholine rings is 1. The molecule has 0 bridgehead atoms. The number of nitrogens with zero attached hydrogens (tertiary/aromatic N) is 2. The number of ether oxygens (including phenoxy) is 1. The Kier molecular flexibility index (Phi) is 4.91. The van der Waals surface area contributed by atoms with Crippen LogP contribution in [0.4, 0.5) is 31.7 Å². The van der Waals surface area contributed by atoms with Gasteiger partial charge in [0, 0.05) is 42.3 Å². The van der Waals surface area contributed by atoms with Gasteiger partial charge in [0.1, 0.15) is 11.4 Å². The molecule has 1 aliphatic rings. The molecule has 3 heterocycles. The zero-order chi connectivity index (χ0) is 21.4. The van der Waals surface area contributed by atoms with Gasteiger partial charge in [-0.3, -0.25) is 4.98 Å². The Hall–Kier alpha value is -3.65. The van der Waals surface area contributed by atoms with Gasteiger partial charge in [-0.25, -0.2) is 8.78 Å². The van der Waals surface area contributed by atoms with Crippen molar-refractivity contribution in [1.29, 1.82) is 0 Å². The minimum atomic E-state index is -0.945. The van der Waals surface area contributed by atoms with E-state index in [1.807, 2.05) is 24.3 Å². The van der Waals surface area contributed by atoms with Crippen molar-refractivity contribution in [3.05, 3.63) is 66.4 Å². The van der Waals surface area contributed by atoms with Crippen LogP contribution in [0.15, 0.2) is 59.1 Å². The lowest BCUT2D eigenvalue weighted by molar-refractivity contribution is 0.122. The van der Waals surface area contributed by atoms with Crippen molar-refractivity contribution in [3.8, 4) is 11.3 Å². The molecule has 4 aromatic rings. The first-order valence-corrected chi connectivity index (χ1v) is 9.92. The van der Waals surface area contributed by atoms with Gasteiger partial charge in [-0.1, -0.05) is 12.1 Å². The summed E-state index contributed by atoms with van der Waals surface area (Å²) in [6.45, 7) is 3.17. The Morgan fingerprint density at radius 1 is 0.968 bits per heavy atom. The van der Waals surface area contributed by atoms with Gasteiger partial charge in [-0.05, 0) is 30.3 Å². The van der Waals surface area contributed by atoms with E-state index in [1.54, 1.807) is 12.3 Å². The highest BCUT2D eigenvalue weighted by Crippen LogP contribution is 2.39. The molecule has 0 unspecified atom stereocenters. The standard InChI is InChI=1S/C23H20F2N4O2/c24-18-6-3-15(13-19(18)25)28-21-17-7-8-27-20(22(17)31-23(21)26)14-1-4-16(5-2-14)29-9-11-30-12-10-29/h1-8,13,28H,9-12,26H2. The Balaban J connectivity index is 1.49. The molecule has 2 aromatic heterocycles. The predicted molar refractivity (Wildman–Crippen MR) is 117 cm³/mol. The average Bonchev–Trinajstić information content (AvgIpc) is 3.12. The van der Waals surface area contributed by atoms with E-state index in [-0.39, 0.29) is 5.88 Å². The molecule has 0 radical (unpaired) electrons. The summed E-state index contributed by atoms with van der Waals surface area (Å²) in [4.78, 5) is 6.76. The zero-order valence-corrected chi connectivity index (χ0v) is 16.6. The van der Waals surface area contributed by atoms with Crippen LogP contribution < -0.4 is 16.0 Å². The van der Waals surface area contributed by atoms with Crippen molar-refractivity contribution < 1.29 is 17.9 Å². The highest BCUT2D eigenvalue weighted by molar-refractivity contribution is 6.03. The average molecular weight is 422 g/mol. The first-order chi connectivity index (χ1) is 15.1. The second-order valence-electron chi connectivity index (χ2n) is 7.28. The quantitative estimate of drug-likeness (QED) is 0.485. The molecule has 3 N–H and O–H groups in total. The van der Waals surface area contributed by atoms with E-state index < -0.39 is 11.6 Å². The molecule has 8 heteroatoms. The first kappa shape index (κ1) is 19.3. The molecule has 5 rings (SSSR count). The number of anilines is 4. The van der Waals surface area contributed by atoms with E-state index in [0.29, 0.717) is 28.0 Å². The van der Waals surface area contributed by atoms with Gasteiger partial charge >= 0.3 is 0 Å².